The van der Waals surface area contributed by atoms with Crippen LogP contribution in [0.3, 0.4) is 0 Å². The van der Waals surface area contributed by atoms with Gasteiger partial charge in [-0.05, 0) is 38.0 Å². The van der Waals surface area contributed by atoms with E-state index >= 15 is 0 Å². The molecule has 0 heterocycles. The fourth-order valence-electron chi connectivity index (χ4n) is 3.02. The number of rotatable bonds is 5. The Morgan fingerprint density at radius 1 is 1.24 bits per heavy atom. The normalized spacial score (nSPS) is 17.2. The van der Waals surface area contributed by atoms with Gasteiger partial charge in [-0.25, -0.2) is 0 Å². The Balaban J connectivity index is 2.46. The van der Waals surface area contributed by atoms with Crippen LogP contribution in [0.25, 0.3) is 12.2 Å². The Kier molecular flexibility index (Phi) is 5.12. The number of ether oxygens (including phenoxy) is 1. The van der Waals surface area contributed by atoms with Crippen LogP contribution in [0.4, 0.5) is 0 Å². The Bertz CT molecular complexity index is 835. The van der Waals surface area contributed by atoms with E-state index in [9.17, 15) is 14.7 Å². The molecule has 1 aliphatic rings. The van der Waals surface area contributed by atoms with Crippen LogP contribution in [-0.4, -0.2) is 23.8 Å². The lowest BCUT2D eigenvalue weighted by Gasteiger charge is -2.31. The van der Waals surface area contributed by atoms with Crippen molar-refractivity contribution in [3.8, 4) is 0 Å². The molecule has 0 saturated carbocycles. The van der Waals surface area contributed by atoms with E-state index in [2.05, 4.69) is 6.58 Å². The number of benzene rings is 1. The second-order valence-electron chi connectivity index (χ2n) is 6.37. The average Bonchev–Trinajstić information content (AvgIpc) is 2.59. The quantitative estimate of drug-likeness (QED) is 0.644. The van der Waals surface area contributed by atoms with Crippen LogP contribution in [0.1, 0.15) is 31.9 Å². The van der Waals surface area contributed by atoms with E-state index in [4.69, 9.17) is 4.74 Å². The molecule has 0 saturated heterocycles. The second kappa shape index (κ2) is 6.93. The number of aliphatic hydroxyl groups is 1. The first kappa shape index (κ1) is 18.5. The van der Waals surface area contributed by atoms with Crippen LogP contribution < -0.4 is 0 Å². The third kappa shape index (κ3) is 3.20. The molecule has 0 fully saturated rings. The molecule has 0 aromatic heterocycles. The summed E-state index contributed by atoms with van der Waals surface area (Å²) < 4.78 is 5.27. The highest BCUT2D eigenvalue weighted by Crippen LogP contribution is 2.40. The van der Waals surface area contributed by atoms with E-state index in [0.717, 1.165) is 11.1 Å². The number of carbonyl (C=O) groups is 2. The molecule has 0 amide bonds. The molecule has 0 bridgehead atoms. The van der Waals surface area contributed by atoms with Crippen molar-refractivity contribution in [3.63, 3.8) is 0 Å². The molecule has 1 aliphatic carbocycles. The highest BCUT2D eigenvalue weighted by molar-refractivity contribution is 6.28. The molecule has 1 aromatic rings. The van der Waals surface area contributed by atoms with Crippen molar-refractivity contribution < 1.29 is 19.4 Å². The van der Waals surface area contributed by atoms with Crippen LogP contribution >= 0.6 is 0 Å². The van der Waals surface area contributed by atoms with Crippen LogP contribution in [0.2, 0.25) is 0 Å². The van der Waals surface area contributed by atoms with Crippen molar-refractivity contribution >= 4 is 23.7 Å². The number of methoxy groups -OCH3 is 1. The topological polar surface area (TPSA) is 63.6 Å². The third-order valence-corrected chi connectivity index (χ3v) is 4.38. The fourth-order valence-corrected chi connectivity index (χ4v) is 3.02. The fraction of sp³-hybridized carbons (Fsp3) is 0.238. The molecular weight excluding hydrogens is 316 g/mol. The highest BCUT2D eigenvalue weighted by atomic mass is 16.5. The molecular formula is C21H22O4. The van der Waals surface area contributed by atoms with Crippen molar-refractivity contribution in [1.29, 1.82) is 0 Å². The molecule has 1 N–H and O–H groups in total. The number of carbonyl (C=O) groups excluding carboxylic acids is 2. The van der Waals surface area contributed by atoms with Gasteiger partial charge in [0.15, 0.2) is 11.6 Å². The molecule has 4 heteroatoms. The van der Waals surface area contributed by atoms with Gasteiger partial charge >= 0.3 is 0 Å². The summed E-state index contributed by atoms with van der Waals surface area (Å²) in [5, 5.41) is 10.4. The summed E-state index contributed by atoms with van der Waals surface area (Å²) in [6.45, 7) is 8.72. The maximum atomic E-state index is 12.7. The Morgan fingerprint density at radius 2 is 1.84 bits per heavy atom. The minimum Gasteiger partial charge on any atom is -0.507 e. The predicted octanol–water partition coefficient (Wildman–Crippen LogP) is 4.25. The summed E-state index contributed by atoms with van der Waals surface area (Å²) >= 11 is 0. The molecule has 0 aliphatic heterocycles. The monoisotopic (exact) mass is 338 g/mol. The Morgan fingerprint density at radius 3 is 2.40 bits per heavy atom. The minimum atomic E-state index is -1.01. The SMILES string of the molecule is C=Cc1ccccc1/C=C/C(=O)C1=C(O)C(C)=C(OC)C(C)(C)C1=O. The van der Waals surface area contributed by atoms with Crippen molar-refractivity contribution in [3.05, 3.63) is 70.7 Å². The second-order valence-corrected chi connectivity index (χ2v) is 6.37. The van der Waals surface area contributed by atoms with E-state index in [1.807, 2.05) is 24.3 Å². The molecule has 0 unspecified atom stereocenters. The van der Waals surface area contributed by atoms with Gasteiger partial charge in [-0.15, -0.1) is 0 Å². The Labute approximate surface area is 147 Å². The van der Waals surface area contributed by atoms with E-state index in [0.29, 0.717) is 11.3 Å². The van der Waals surface area contributed by atoms with Gasteiger partial charge in [-0.1, -0.05) is 43.0 Å². The molecule has 0 spiro atoms. The number of allylic oxidation sites excluding steroid dienone is 4. The van der Waals surface area contributed by atoms with E-state index in [-0.39, 0.29) is 11.3 Å². The lowest BCUT2D eigenvalue weighted by atomic mass is 9.74. The first-order chi connectivity index (χ1) is 11.8. The minimum absolute atomic E-state index is 0.212. The van der Waals surface area contributed by atoms with Crippen LogP contribution in [0.5, 0.6) is 0 Å². The first-order valence-corrected chi connectivity index (χ1v) is 7.93. The third-order valence-electron chi connectivity index (χ3n) is 4.38. The van der Waals surface area contributed by atoms with Crippen LogP contribution in [-0.2, 0) is 14.3 Å². The summed E-state index contributed by atoms with van der Waals surface area (Å²) in [7, 11) is 1.44. The molecule has 0 atom stereocenters. The maximum Gasteiger partial charge on any atom is 0.193 e. The summed E-state index contributed by atoms with van der Waals surface area (Å²) in [4.78, 5) is 25.4. The molecule has 1 aromatic carbocycles. The number of aliphatic hydroxyl groups excluding tert-OH is 1. The highest BCUT2D eigenvalue weighted by Gasteiger charge is 2.44. The first-order valence-electron chi connectivity index (χ1n) is 7.93. The van der Waals surface area contributed by atoms with Crippen molar-refractivity contribution in [1.82, 2.24) is 0 Å². The van der Waals surface area contributed by atoms with Crippen molar-refractivity contribution in [2.75, 3.05) is 7.11 Å². The summed E-state index contributed by atoms with van der Waals surface area (Å²) in [6, 6.07) is 7.44. The zero-order valence-electron chi connectivity index (χ0n) is 14.9. The number of hydrogen-bond acceptors (Lipinski definition) is 4. The zero-order chi connectivity index (χ0) is 18.8. The lowest BCUT2D eigenvalue weighted by molar-refractivity contribution is -0.126. The molecule has 2 rings (SSSR count). The van der Waals surface area contributed by atoms with E-state index < -0.39 is 17.0 Å². The predicted molar refractivity (Wildman–Crippen MR) is 98.7 cm³/mol. The van der Waals surface area contributed by atoms with Gasteiger partial charge < -0.3 is 9.84 Å². The number of hydrogen-bond donors (Lipinski definition) is 1. The lowest BCUT2D eigenvalue weighted by Crippen LogP contribution is -2.36. The molecule has 0 radical (unpaired) electrons. The Hall–Kier alpha value is -2.88. The van der Waals surface area contributed by atoms with E-state index in [1.165, 1.54) is 13.2 Å². The molecule has 4 nitrogen and oxygen atoms in total. The van der Waals surface area contributed by atoms with Gasteiger partial charge in [0.1, 0.15) is 17.1 Å². The van der Waals surface area contributed by atoms with Crippen molar-refractivity contribution in [2.45, 2.75) is 20.8 Å². The average molecular weight is 338 g/mol. The van der Waals surface area contributed by atoms with E-state index in [1.54, 1.807) is 32.9 Å². The zero-order valence-corrected chi connectivity index (χ0v) is 14.9. The summed E-state index contributed by atoms with van der Waals surface area (Å²) in [6.07, 6.45) is 4.60. The molecule has 130 valence electrons. The van der Waals surface area contributed by atoms with Gasteiger partial charge in [0.05, 0.1) is 12.5 Å². The summed E-state index contributed by atoms with van der Waals surface area (Å²) in [5.41, 5.74) is 0.852. The van der Waals surface area contributed by atoms with Gasteiger partial charge in [-0.2, -0.15) is 0 Å². The smallest absolute Gasteiger partial charge is 0.193 e. The van der Waals surface area contributed by atoms with Crippen LogP contribution in [0.15, 0.2) is 59.6 Å². The van der Waals surface area contributed by atoms with Gasteiger partial charge in [0.2, 0.25) is 0 Å². The number of Topliss-reactive ketones (excluding diaryl/α,β-unsaturated/α-hetero) is 1. The maximum absolute atomic E-state index is 12.7. The van der Waals surface area contributed by atoms with Crippen LogP contribution in [0, 0.1) is 5.41 Å². The van der Waals surface area contributed by atoms with Gasteiger partial charge in [-0.3, -0.25) is 9.59 Å². The van der Waals surface area contributed by atoms with Gasteiger partial charge in [0.25, 0.3) is 0 Å². The summed E-state index contributed by atoms with van der Waals surface area (Å²) in [5.74, 6) is -0.955. The largest absolute Gasteiger partial charge is 0.507 e. The number of ketones is 2. The standard InChI is InChI=1S/C21H22O4/c1-6-14-9-7-8-10-15(14)11-12-16(22)17-18(23)13(2)20(25-5)21(3,4)19(17)24/h6-12,23H,1H2,2-5H3/b12-11+. The van der Waals surface area contributed by atoms with Crippen molar-refractivity contribution in [2.24, 2.45) is 5.41 Å². The van der Waals surface area contributed by atoms with Gasteiger partial charge in [0, 0.05) is 5.57 Å². The molecule has 25 heavy (non-hydrogen) atoms.